The summed E-state index contributed by atoms with van der Waals surface area (Å²) in [6.07, 6.45) is 4.32. The molecule has 0 saturated heterocycles. The molecule has 0 radical (unpaired) electrons. The van der Waals surface area contributed by atoms with Crippen LogP contribution in [0.1, 0.15) is 11.3 Å². The lowest BCUT2D eigenvalue weighted by molar-refractivity contribution is 0.649. The van der Waals surface area contributed by atoms with Gasteiger partial charge in [-0.2, -0.15) is 5.10 Å². The second kappa shape index (κ2) is 3.72. The summed E-state index contributed by atoms with van der Waals surface area (Å²) in [6.45, 7) is 2.16. The van der Waals surface area contributed by atoms with Gasteiger partial charge in [-0.15, -0.1) is 11.8 Å². The van der Waals surface area contributed by atoms with Crippen LogP contribution in [0.4, 0.5) is 0 Å². The van der Waals surface area contributed by atoms with Gasteiger partial charge in [-0.05, 0) is 19.2 Å². The summed E-state index contributed by atoms with van der Waals surface area (Å²) >= 11 is 1.80. The molecule has 1 aliphatic rings. The molecule has 0 amide bonds. The first kappa shape index (κ1) is 9.09. The SMILES string of the molecule is CSc1c2c(nn1C)CCNCC2. The van der Waals surface area contributed by atoms with Crippen LogP contribution in [0.5, 0.6) is 0 Å². The van der Waals surface area contributed by atoms with Gasteiger partial charge < -0.3 is 5.32 Å². The van der Waals surface area contributed by atoms with Crippen LogP contribution in [0.3, 0.4) is 0 Å². The van der Waals surface area contributed by atoms with E-state index in [1.807, 2.05) is 11.7 Å². The highest BCUT2D eigenvalue weighted by atomic mass is 32.2. The molecule has 1 aromatic heterocycles. The van der Waals surface area contributed by atoms with Crippen LogP contribution in [-0.2, 0) is 19.9 Å². The summed E-state index contributed by atoms with van der Waals surface area (Å²) < 4.78 is 2.01. The summed E-state index contributed by atoms with van der Waals surface area (Å²) in [5, 5.41) is 9.26. The van der Waals surface area contributed by atoms with Crippen molar-refractivity contribution in [1.82, 2.24) is 15.1 Å². The van der Waals surface area contributed by atoms with Gasteiger partial charge in [0, 0.05) is 25.6 Å². The van der Waals surface area contributed by atoms with E-state index in [4.69, 9.17) is 0 Å². The van der Waals surface area contributed by atoms with E-state index in [2.05, 4.69) is 16.7 Å². The summed E-state index contributed by atoms with van der Waals surface area (Å²) in [6, 6.07) is 0. The highest BCUT2D eigenvalue weighted by molar-refractivity contribution is 7.98. The minimum atomic E-state index is 1.07. The molecule has 0 spiro atoms. The van der Waals surface area contributed by atoms with Gasteiger partial charge >= 0.3 is 0 Å². The fraction of sp³-hybridized carbons (Fsp3) is 0.667. The molecule has 1 N–H and O–H groups in total. The van der Waals surface area contributed by atoms with E-state index in [9.17, 15) is 0 Å². The molecule has 3 nitrogen and oxygen atoms in total. The molecule has 4 heteroatoms. The summed E-state index contributed by atoms with van der Waals surface area (Å²) in [5.74, 6) is 0. The Bertz CT molecular complexity index is 306. The molecule has 0 aliphatic carbocycles. The monoisotopic (exact) mass is 197 g/mol. The van der Waals surface area contributed by atoms with Crippen LogP contribution >= 0.6 is 11.8 Å². The van der Waals surface area contributed by atoms with Crippen LogP contribution in [-0.4, -0.2) is 29.1 Å². The number of thioether (sulfide) groups is 1. The normalized spacial score (nSPS) is 16.8. The smallest absolute Gasteiger partial charge is 0.0969 e. The van der Waals surface area contributed by atoms with Crippen molar-refractivity contribution in [2.24, 2.45) is 7.05 Å². The van der Waals surface area contributed by atoms with Crippen LogP contribution in [0.15, 0.2) is 5.03 Å². The first-order chi connectivity index (χ1) is 6.33. The van der Waals surface area contributed by atoms with Crippen molar-refractivity contribution < 1.29 is 0 Å². The van der Waals surface area contributed by atoms with Crippen molar-refractivity contribution in [3.05, 3.63) is 11.3 Å². The molecule has 1 aliphatic heterocycles. The fourth-order valence-electron chi connectivity index (χ4n) is 1.86. The third-order valence-corrected chi connectivity index (χ3v) is 3.35. The zero-order valence-electron chi connectivity index (χ0n) is 8.13. The Balaban J connectivity index is 2.41. The second-order valence-corrected chi connectivity index (χ2v) is 4.10. The Morgan fingerprint density at radius 2 is 2.15 bits per heavy atom. The van der Waals surface area contributed by atoms with E-state index in [0.29, 0.717) is 0 Å². The van der Waals surface area contributed by atoms with Gasteiger partial charge in [0.1, 0.15) is 0 Å². The van der Waals surface area contributed by atoms with Gasteiger partial charge in [0.05, 0.1) is 10.7 Å². The lowest BCUT2D eigenvalue weighted by Crippen LogP contribution is -2.17. The maximum Gasteiger partial charge on any atom is 0.0969 e. The molecule has 13 heavy (non-hydrogen) atoms. The average Bonchev–Trinajstić information content (AvgIpc) is 2.32. The maximum atomic E-state index is 4.54. The minimum Gasteiger partial charge on any atom is -0.316 e. The largest absolute Gasteiger partial charge is 0.316 e. The summed E-state index contributed by atoms with van der Waals surface area (Å²) in [4.78, 5) is 0. The fourth-order valence-corrected chi connectivity index (χ4v) is 2.63. The van der Waals surface area contributed by atoms with Gasteiger partial charge in [-0.25, -0.2) is 0 Å². The average molecular weight is 197 g/mol. The highest BCUT2D eigenvalue weighted by Gasteiger charge is 2.16. The van der Waals surface area contributed by atoms with Crippen molar-refractivity contribution in [1.29, 1.82) is 0 Å². The number of rotatable bonds is 1. The maximum absolute atomic E-state index is 4.54. The number of hydrogen-bond donors (Lipinski definition) is 1. The number of fused-ring (bicyclic) bond motifs is 1. The molecule has 0 aromatic carbocycles. The third-order valence-electron chi connectivity index (χ3n) is 2.45. The van der Waals surface area contributed by atoms with E-state index >= 15 is 0 Å². The molecule has 1 aromatic rings. The van der Waals surface area contributed by atoms with Crippen LogP contribution in [0.2, 0.25) is 0 Å². The van der Waals surface area contributed by atoms with Crippen molar-refractivity contribution >= 4 is 11.8 Å². The summed E-state index contributed by atoms with van der Waals surface area (Å²) in [5.41, 5.74) is 2.75. The Morgan fingerprint density at radius 1 is 1.38 bits per heavy atom. The van der Waals surface area contributed by atoms with E-state index in [1.54, 1.807) is 11.8 Å². The quantitative estimate of drug-likeness (QED) is 0.676. The molecule has 0 atom stereocenters. The molecule has 0 bridgehead atoms. The molecule has 2 heterocycles. The minimum absolute atomic E-state index is 1.07. The molecule has 0 saturated carbocycles. The van der Waals surface area contributed by atoms with Gasteiger partial charge in [0.2, 0.25) is 0 Å². The van der Waals surface area contributed by atoms with Crippen LogP contribution in [0, 0.1) is 0 Å². The Labute approximate surface area is 82.9 Å². The first-order valence-corrected chi connectivity index (χ1v) is 5.85. The zero-order valence-corrected chi connectivity index (χ0v) is 8.95. The zero-order chi connectivity index (χ0) is 9.26. The molecule has 2 rings (SSSR count). The molecule has 72 valence electrons. The lowest BCUT2D eigenvalue weighted by atomic mass is 10.2. The molecular weight excluding hydrogens is 182 g/mol. The Hall–Kier alpha value is -0.480. The van der Waals surface area contributed by atoms with Gasteiger partial charge in [-0.1, -0.05) is 0 Å². The van der Waals surface area contributed by atoms with E-state index < -0.39 is 0 Å². The molecular formula is C9H15N3S. The van der Waals surface area contributed by atoms with Crippen molar-refractivity contribution in [3.63, 3.8) is 0 Å². The third kappa shape index (κ3) is 1.60. The van der Waals surface area contributed by atoms with Gasteiger partial charge in [0.15, 0.2) is 0 Å². The lowest BCUT2D eigenvalue weighted by Gasteiger charge is -2.01. The predicted molar refractivity (Wildman–Crippen MR) is 55.3 cm³/mol. The number of hydrogen-bond acceptors (Lipinski definition) is 3. The Kier molecular flexibility index (Phi) is 2.60. The van der Waals surface area contributed by atoms with E-state index in [-0.39, 0.29) is 0 Å². The van der Waals surface area contributed by atoms with Crippen molar-refractivity contribution in [3.8, 4) is 0 Å². The Morgan fingerprint density at radius 3 is 2.92 bits per heavy atom. The molecule has 0 unspecified atom stereocenters. The number of aromatic nitrogens is 2. The van der Waals surface area contributed by atoms with Gasteiger partial charge in [-0.3, -0.25) is 4.68 Å². The highest BCUT2D eigenvalue weighted by Crippen LogP contribution is 2.24. The first-order valence-electron chi connectivity index (χ1n) is 4.62. The van der Waals surface area contributed by atoms with E-state index in [0.717, 1.165) is 25.9 Å². The van der Waals surface area contributed by atoms with E-state index in [1.165, 1.54) is 16.3 Å². The number of aryl methyl sites for hydroxylation is 1. The standard InChI is InChI=1S/C9H15N3S/c1-12-9(13-2)7-3-5-10-6-4-8(7)11-12/h10H,3-6H2,1-2H3. The number of nitrogens with one attached hydrogen (secondary N) is 1. The second-order valence-electron chi connectivity index (χ2n) is 3.31. The topological polar surface area (TPSA) is 29.9 Å². The summed E-state index contributed by atoms with van der Waals surface area (Å²) in [7, 11) is 2.04. The van der Waals surface area contributed by atoms with Crippen molar-refractivity contribution in [2.45, 2.75) is 17.9 Å². The van der Waals surface area contributed by atoms with Gasteiger partial charge in [0.25, 0.3) is 0 Å². The molecule has 0 fully saturated rings. The van der Waals surface area contributed by atoms with Crippen LogP contribution in [0.25, 0.3) is 0 Å². The number of nitrogens with zero attached hydrogens (tertiary/aromatic N) is 2. The van der Waals surface area contributed by atoms with Crippen LogP contribution < -0.4 is 5.32 Å². The van der Waals surface area contributed by atoms with Crippen molar-refractivity contribution in [2.75, 3.05) is 19.3 Å². The predicted octanol–water partition coefficient (Wildman–Crippen LogP) is 0.830.